The second-order valence-electron chi connectivity index (χ2n) is 10.5. The molecule has 6 unspecified atom stereocenters. The van der Waals surface area contributed by atoms with E-state index >= 15 is 0 Å². The third-order valence-corrected chi connectivity index (χ3v) is 9.66. The van der Waals surface area contributed by atoms with Gasteiger partial charge in [-0.2, -0.15) is 0 Å². The first-order valence-electron chi connectivity index (χ1n) is 13.2. The molecular formula is C31H30N4S. The predicted octanol–water partition coefficient (Wildman–Crippen LogP) is 5.52. The molecule has 180 valence electrons. The van der Waals surface area contributed by atoms with E-state index in [4.69, 9.17) is 0 Å². The van der Waals surface area contributed by atoms with Crippen molar-refractivity contribution in [3.8, 4) is 0 Å². The highest BCUT2D eigenvalue weighted by Crippen LogP contribution is 2.48. The molecule has 0 radical (unpaired) electrons. The van der Waals surface area contributed by atoms with Crippen LogP contribution in [0, 0.1) is 11.8 Å². The summed E-state index contributed by atoms with van der Waals surface area (Å²) < 4.78 is 2.55. The first-order chi connectivity index (χ1) is 17.8. The molecule has 5 heteroatoms. The van der Waals surface area contributed by atoms with Crippen molar-refractivity contribution >= 4 is 39.5 Å². The number of fused-ring (bicyclic) bond motifs is 2. The fourth-order valence-electron chi connectivity index (χ4n) is 6.77. The van der Waals surface area contributed by atoms with Crippen LogP contribution in [0.5, 0.6) is 0 Å². The molecule has 3 heterocycles. The molecular weight excluding hydrogens is 460 g/mol. The van der Waals surface area contributed by atoms with Gasteiger partial charge in [0.1, 0.15) is 6.29 Å². The van der Waals surface area contributed by atoms with Gasteiger partial charge in [0, 0.05) is 33.2 Å². The molecule has 8 rings (SSSR count). The lowest BCUT2D eigenvalue weighted by molar-refractivity contribution is 0.144. The number of aromatic nitrogens is 1. The van der Waals surface area contributed by atoms with Gasteiger partial charge in [0.15, 0.2) is 0 Å². The first-order valence-corrected chi connectivity index (χ1v) is 14.2. The van der Waals surface area contributed by atoms with E-state index in [9.17, 15) is 0 Å². The van der Waals surface area contributed by atoms with Gasteiger partial charge in [0.2, 0.25) is 0 Å². The van der Waals surface area contributed by atoms with Crippen LogP contribution in [0.3, 0.4) is 0 Å². The monoisotopic (exact) mass is 490 g/mol. The Bertz CT molecular complexity index is 1570. The molecule has 2 aliphatic heterocycles. The average Bonchev–Trinajstić information content (AvgIpc) is 3.55. The molecule has 1 fully saturated rings. The van der Waals surface area contributed by atoms with Crippen LogP contribution in [-0.2, 0) is 0 Å². The summed E-state index contributed by atoms with van der Waals surface area (Å²) in [5, 5.41) is 20.2. The number of nitrogens with zero attached hydrogens (tertiary/aromatic N) is 1. The van der Waals surface area contributed by atoms with Crippen LogP contribution in [0.15, 0.2) is 89.9 Å². The molecule has 3 N–H and O–H groups in total. The second-order valence-corrected chi connectivity index (χ2v) is 11.6. The minimum absolute atomic E-state index is 0.0148. The van der Waals surface area contributed by atoms with E-state index in [-0.39, 0.29) is 18.6 Å². The van der Waals surface area contributed by atoms with Crippen LogP contribution < -0.4 is 21.3 Å². The Morgan fingerprint density at radius 1 is 0.917 bits per heavy atom. The summed E-state index contributed by atoms with van der Waals surface area (Å²) in [6.45, 7) is 0. The highest BCUT2D eigenvalue weighted by Gasteiger charge is 2.36. The Labute approximate surface area is 215 Å². The minimum Gasteiger partial charge on any atom is -0.312 e. The van der Waals surface area contributed by atoms with Crippen molar-refractivity contribution in [3.05, 3.63) is 101 Å². The lowest BCUT2D eigenvalue weighted by Crippen LogP contribution is -2.67. The van der Waals surface area contributed by atoms with Gasteiger partial charge in [0.05, 0.1) is 17.8 Å². The molecule has 1 saturated heterocycles. The molecule has 2 aromatic carbocycles. The highest BCUT2D eigenvalue weighted by molar-refractivity contribution is 8.02. The van der Waals surface area contributed by atoms with Crippen molar-refractivity contribution in [3.63, 3.8) is 0 Å². The van der Waals surface area contributed by atoms with Crippen LogP contribution in [0.1, 0.15) is 36.4 Å². The number of benzene rings is 2. The minimum atomic E-state index is -0.0148. The molecule has 3 aromatic rings. The number of rotatable bonds is 3. The quantitative estimate of drug-likeness (QED) is 0.452. The van der Waals surface area contributed by atoms with Crippen molar-refractivity contribution in [2.24, 2.45) is 11.8 Å². The fourth-order valence-corrected chi connectivity index (χ4v) is 7.91. The Morgan fingerprint density at radius 2 is 1.92 bits per heavy atom. The van der Waals surface area contributed by atoms with Crippen molar-refractivity contribution < 1.29 is 0 Å². The SMILES string of the molecule is C1=CCCC(C2NC(C3C=CC=CC3)NC(n3c4c5c(ccc6cccc3c65)C3SC=CC3C=4)N2)=C1. The van der Waals surface area contributed by atoms with E-state index in [1.807, 2.05) is 11.8 Å². The van der Waals surface area contributed by atoms with E-state index in [0.717, 1.165) is 19.3 Å². The number of nitrogens with one attached hydrogen (secondary N) is 3. The first kappa shape index (κ1) is 21.3. The fraction of sp³-hybridized carbons (Fsp3) is 0.290. The van der Waals surface area contributed by atoms with Crippen molar-refractivity contribution in [1.29, 1.82) is 0 Å². The molecule has 0 bridgehead atoms. The Morgan fingerprint density at radius 3 is 2.81 bits per heavy atom. The van der Waals surface area contributed by atoms with E-state index in [1.54, 1.807) is 0 Å². The molecule has 0 spiro atoms. The molecule has 0 saturated carbocycles. The largest absolute Gasteiger partial charge is 0.312 e. The van der Waals surface area contributed by atoms with Crippen LogP contribution in [0.25, 0.3) is 27.8 Å². The number of allylic oxidation sites excluding steroid dienone is 7. The summed E-state index contributed by atoms with van der Waals surface area (Å²) in [6, 6.07) is 11.5. The summed E-state index contributed by atoms with van der Waals surface area (Å²) in [4.78, 5) is 0. The lowest BCUT2D eigenvalue weighted by atomic mass is 9.89. The molecule has 1 aromatic heterocycles. The molecule has 5 aliphatic rings. The summed E-state index contributed by atoms with van der Waals surface area (Å²) in [7, 11) is 0. The molecule has 6 atom stereocenters. The predicted molar refractivity (Wildman–Crippen MR) is 151 cm³/mol. The zero-order chi connectivity index (χ0) is 23.6. The third-order valence-electron chi connectivity index (χ3n) is 8.49. The van der Waals surface area contributed by atoms with Crippen LogP contribution in [0.2, 0.25) is 0 Å². The summed E-state index contributed by atoms with van der Waals surface area (Å²) >= 11 is 1.97. The van der Waals surface area contributed by atoms with E-state index in [0.29, 0.717) is 17.1 Å². The number of hydrogen-bond acceptors (Lipinski definition) is 4. The van der Waals surface area contributed by atoms with Gasteiger partial charge in [-0.25, -0.2) is 0 Å². The molecule has 36 heavy (non-hydrogen) atoms. The van der Waals surface area contributed by atoms with Crippen LogP contribution in [0.4, 0.5) is 0 Å². The van der Waals surface area contributed by atoms with E-state index in [2.05, 4.69) is 111 Å². The zero-order valence-electron chi connectivity index (χ0n) is 20.1. The third kappa shape index (κ3) is 3.20. The average molecular weight is 491 g/mol. The lowest BCUT2D eigenvalue weighted by Gasteiger charge is -2.43. The Hall–Kier alpha value is -2.83. The van der Waals surface area contributed by atoms with Crippen LogP contribution >= 0.6 is 11.8 Å². The van der Waals surface area contributed by atoms with E-state index in [1.165, 1.54) is 38.2 Å². The molecule has 3 aliphatic carbocycles. The van der Waals surface area contributed by atoms with Gasteiger partial charge in [-0.1, -0.05) is 78.9 Å². The van der Waals surface area contributed by atoms with Gasteiger partial charge in [-0.05, 0) is 47.3 Å². The van der Waals surface area contributed by atoms with Crippen LogP contribution in [-0.4, -0.2) is 16.9 Å². The van der Waals surface area contributed by atoms with Crippen molar-refractivity contribution in [1.82, 2.24) is 20.5 Å². The van der Waals surface area contributed by atoms with Gasteiger partial charge in [-0.3, -0.25) is 16.0 Å². The van der Waals surface area contributed by atoms with Gasteiger partial charge < -0.3 is 4.57 Å². The maximum Gasteiger partial charge on any atom is 0.142 e. The zero-order valence-corrected chi connectivity index (χ0v) is 20.9. The molecule has 4 nitrogen and oxygen atoms in total. The van der Waals surface area contributed by atoms with Gasteiger partial charge in [-0.15, -0.1) is 11.8 Å². The normalized spacial score (nSPS) is 32.7. The number of thioether (sulfide) groups is 1. The maximum absolute atomic E-state index is 3.99. The Balaban J connectivity index is 1.31. The highest BCUT2D eigenvalue weighted by atomic mass is 32.2. The Kier molecular flexibility index (Phi) is 4.94. The molecule has 0 amide bonds. The summed E-state index contributed by atoms with van der Waals surface area (Å²) in [5.74, 6) is 0.856. The maximum atomic E-state index is 3.99. The smallest absolute Gasteiger partial charge is 0.142 e. The van der Waals surface area contributed by atoms with E-state index < -0.39 is 0 Å². The standard InChI is InChI=1S/C31H30N4S/c1-3-8-20(9-4-1)29-32-30(21-10-5-2-6-11-21)34-31(33-29)35-24-13-7-12-19-14-15-23-27(26(19)24)25(35)18-22-16-17-36-28(22)23/h1-5,7-8,10,12-18,20,22,28-34H,6,9,11H2. The van der Waals surface area contributed by atoms with Gasteiger partial charge in [0.25, 0.3) is 0 Å². The second kappa shape index (κ2) is 8.35. The van der Waals surface area contributed by atoms with Crippen molar-refractivity contribution in [2.45, 2.75) is 43.1 Å². The van der Waals surface area contributed by atoms with Crippen molar-refractivity contribution in [2.75, 3.05) is 0 Å². The topological polar surface area (TPSA) is 41.0 Å². The summed E-state index contributed by atoms with van der Waals surface area (Å²) in [6.07, 6.45) is 24.2. The van der Waals surface area contributed by atoms with Gasteiger partial charge >= 0.3 is 0 Å². The number of hydrogen-bond donors (Lipinski definition) is 3. The summed E-state index contributed by atoms with van der Waals surface area (Å²) in [5.41, 5.74) is 4.23.